The molecule has 138 valence electrons. The number of nitrogens with one attached hydrogen (secondary N) is 2. The highest BCUT2D eigenvalue weighted by Crippen LogP contribution is 2.25. The van der Waals surface area contributed by atoms with Gasteiger partial charge in [0.2, 0.25) is 0 Å². The van der Waals surface area contributed by atoms with Crippen molar-refractivity contribution in [1.29, 1.82) is 0 Å². The van der Waals surface area contributed by atoms with Crippen LogP contribution in [-0.2, 0) is 11.3 Å². The summed E-state index contributed by atoms with van der Waals surface area (Å²) in [6.07, 6.45) is 1.61. The van der Waals surface area contributed by atoms with Crippen LogP contribution in [0.5, 0.6) is 0 Å². The van der Waals surface area contributed by atoms with Crippen LogP contribution in [0, 0.1) is 20.8 Å². The van der Waals surface area contributed by atoms with Gasteiger partial charge in [-0.15, -0.1) is 0 Å². The van der Waals surface area contributed by atoms with E-state index in [9.17, 15) is 9.59 Å². The fourth-order valence-corrected chi connectivity index (χ4v) is 3.57. The summed E-state index contributed by atoms with van der Waals surface area (Å²) in [7, 11) is 0. The Balaban J connectivity index is 1.77. The lowest BCUT2D eigenvalue weighted by atomic mass is 9.85. The molecule has 1 fully saturated rings. The molecular formula is C19H29N3O3. The first-order valence-electron chi connectivity index (χ1n) is 8.87. The van der Waals surface area contributed by atoms with E-state index in [0.29, 0.717) is 13.1 Å². The van der Waals surface area contributed by atoms with Gasteiger partial charge in [-0.05, 0) is 56.8 Å². The average molecular weight is 347 g/mol. The van der Waals surface area contributed by atoms with Gasteiger partial charge in [-0.25, -0.2) is 4.79 Å². The van der Waals surface area contributed by atoms with Crippen LogP contribution in [0.4, 0.5) is 4.79 Å². The van der Waals surface area contributed by atoms with E-state index in [0.717, 1.165) is 18.4 Å². The van der Waals surface area contributed by atoms with Crippen LogP contribution >= 0.6 is 0 Å². The summed E-state index contributed by atoms with van der Waals surface area (Å²) in [5.74, 6) is -0.806. The number of benzene rings is 1. The first-order chi connectivity index (χ1) is 11.8. The molecule has 0 bridgehead atoms. The number of urea groups is 1. The highest BCUT2D eigenvalue weighted by molar-refractivity contribution is 5.74. The smallest absolute Gasteiger partial charge is 0.317 e. The number of carbonyl (C=O) groups excluding carboxylic acids is 1. The van der Waals surface area contributed by atoms with Gasteiger partial charge in [0.15, 0.2) is 0 Å². The van der Waals surface area contributed by atoms with Crippen LogP contribution in [0.25, 0.3) is 0 Å². The van der Waals surface area contributed by atoms with E-state index in [1.165, 1.54) is 16.7 Å². The van der Waals surface area contributed by atoms with Gasteiger partial charge in [0.25, 0.3) is 0 Å². The predicted octanol–water partition coefficient (Wildman–Crippen LogP) is 2.35. The Labute approximate surface area is 149 Å². The lowest BCUT2D eigenvalue weighted by Gasteiger charge is -2.42. The second-order valence-corrected chi connectivity index (χ2v) is 6.98. The Bertz CT molecular complexity index is 616. The zero-order chi connectivity index (χ0) is 18.6. The van der Waals surface area contributed by atoms with Crippen molar-refractivity contribution >= 4 is 12.0 Å². The van der Waals surface area contributed by atoms with Gasteiger partial charge in [-0.3, -0.25) is 9.69 Å². The number of carbonyl (C=O) groups is 2. The molecule has 0 unspecified atom stereocenters. The number of nitrogens with zero attached hydrogens (tertiary/aromatic N) is 1. The molecule has 0 radical (unpaired) electrons. The van der Waals surface area contributed by atoms with E-state index >= 15 is 0 Å². The molecule has 0 heterocycles. The van der Waals surface area contributed by atoms with Gasteiger partial charge in [-0.1, -0.05) is 24.6 Å². The maximum atomic E-state index is 12.1. The molecule has 25 heavy (non-hydrogen) atoms. The molecular weight excluding hydrogens is 318 g/mol. The third kappa shape index (κ3) is 5.19. The molecule has 6 nitrogen and oxygen atoms in total. The summed E-state index contributed by atoms with van der Waals surface area (Å²) in [6.45, 7) is 9.44. The predicted molar refractivity (Wildman–Crippen MR) is 97.7 cm³/mol. The van der Waals surface area contributed by atoms with Crippen molar-refractivity contribution in [2.24, 2.45) is 0 Å². The number of carboxylic acid groups (broad SMARTS) is 1. The van der Waals surface area contributed by atoms with E-state index in [-0.39, 0.29) is 24.7 Å². The second kappa shape index (κ2) is 8.34. The number of rotatable bonds is 7. The van der Waals surface area contributed by atoms with Crippen LogP contribution < -0.4 is 10.6 Å². The van der Waals surface area contributed by atoms with Gasteiger partial charge in [-0.2, -0.15) is 0 Å². The molecule has 1 aliphatic rings. The fourth-order valence-electron chi connectivity index (χ4n) is 3.57. The van der Waals surface area contributed by atoms with Crippen molar-refractivity contribution in [3.8, 4) is 0 Å². The summed E-state index contributed by atoms with van der Waals surface area (Å²) < 4.78 is 0. The number of amides is 2. The zero-order valence-corrected chi connectivity index (χ0v) is 15.6. The number of aryl methyl sites for hydroxylation is 3. The van der Waals surface area contributed by atoms with E-state index in [1.807, 2.05) is 11.8 Å². The van der Waals surface area contributed by atoms with Crippen LogP contribution in [0.1, 0.15) is 42.0 Å². The van der Waals surface area contributed by atoms with Gasteiger partial charge < -0.3 is 15.7 Å². The van der Waals surface area contributed by atoms with Crippen molar-refractivity contribution in [2.75, 3.05) is 13.1 Å². The van der Waals surface area contributed by atoms with Gasteiger partial charge in [0, 0.05) is 18.6 Å². The number of likely N-dealkylation sites (N-methyl/N-ethyl adjacent to an activating group) is 1. The lowest BCUT2D eigenvalue weighted by Crippen LogP contribution is -2.56. The van der Waals surface area contributed by atoms with E-state index in [4.69, 9.17) is 5.11 Å². The summed E-state index contributed by atoms with van der Waals surface area (Å²) in [6, 6.07) is 4.45. The monoisotopic (exact) mass is 347 g/mol. The third-order valence-corrected chi connectivity index (χ3v) is 4.98. The van der Waals surface area contributed by atoms with Crippen LogP contribution in [-0.4, -0.2) is 47.2 Å². The molecule has 1 saturated carbocycles. The second-order valence-electron chi connectivity index (χ2n) is 6.98. The number of aliphatic carboxylic acids is 1. The zero-order valence-electron chi connectivity index (χ0n) is 15.6. The van der Waals surface area contributed by atoms with Gasteiger partial charge in [0.05, 0.1) is 6.54 Å². The minimum absolute atomic E-state index is 0.0616. The molecule has 2 rings (SSSR count). The summed E-state index contributed by atoms with van der Waals surface area (Å²) in [4.78, 5) is 24.9. The number of carboxylic acids is 1. The summed E-state index contributed by atoms with van der Waals surface area (Å²) in [5.41, 5.74) is 4.76. The Hall–Kier alpha value is -2.08. The van der Waals surface area contributed by atoms with Crippen LogP contribution in [0.2, 0.25) is 0 Å². The quantitative estimate of drug-likeness (QED) is 0.707. The molecule has 1 aromatic rings. The molecule has 0 atom stereocenters. The lowest BCUT2D eigenvalue weighted by molar-refractivity contribution is -0.139. The molecule has 6 heteroatoms. The first kappa shape index (κ1) is 19.2. The first-order valence-corrected chi connectivity index (χ1v) is 8.87. The molecule has 1 aliphatic carbocycles. The van der Waals surface area contributed by atoms with Crippen molar-refractivity contribution in [3.63, 3.8) is 0 Å². The van der Waals surface area contributed by atoms with E-state index in [2.05, 4.69) is 43.5 Å². The number of hydrogen-bond acceptors (Lipinski definition) is 3. The largest absolute Gasteiger partial charge is 0.480 e. The minimum atomic E-state index is -0.806. The maximum Gasteiger partial charge on any atom is 0.317 e. The molecule has 2 amide bonds. The topological polar surface area (TPSA) is 81.7 Å². The highest BCUT2D eigenvalue weighted by atomic mass is 16.4. The Morgan fingerprint density at radius 1 is 1.20 bits per heavy atom. The highest BCUT2D eigenvalue weighted by Gasteiger charge is 2.34. The van der Waals surface area contributed by atoms with Crippen molar-refractivity contribution in [3.05, 3.63) is 34.4 Å². The molecule has 3 N–H and O–H groups in total. The molecule has 0 aliphatic heterocycles. The van der Waals surface area contributed by atoms with Crippen molar-refractivity contribution in [1.82, 2.24) is 15.5 Å². The van der Waals surface area contributed by atoms with Gasteiger partial charge >= 0.3 is 12.0 Å². The molecule has 0 spiro atoms. The minimum Gasteiger partial charge on any atom is -0.480 e. The normalized spacial score (nSPS) is 19.4. The summed E-state index contributed by atoms with van der Waals surface area (Å²) >= 11 is 0. The van der Waals surface area contributed by atoms with E-state index in [1.54, 1.807) is 0 Å². The molecule has 0 saturated heterocycles. The summed E-state index contributed by atoms with van der Waals surface area (Å²) in [5, 5.41) is 14.8. The van der Waals surface area contributed by atoms with Crippen molar-refractivity contribution < 1.29 is 14.7 Å². The standard InChI is InChI=1S/C19H29N3O3/c1-5-22(11-18(23)24)16-8-15(9-16)21-19(25)20-10-17-13(3)6-12(2)7-14(17)4/h6-7,15-16H,5,8-11H2,1-4H3,(H,23,24)(H2,20,21,25). The Kier molecular flexibility index (Phi) is 6.42. The molecule has 0 aromatic heterocycles. The maximum absolute atomic E-state index is 12.1. The van der Waals surface area contributed by atoms with Crippen molar-refractivity contribution in [2.45, 2.75) is 59.2 Å². The van der Waals surface area contributed by atoms with Crippen LogP contribution in [0.3, 0.4) is 0 Å². The third-order valence-electron chi connectivity index (χ3n) is 4.98. The average Bonchev–Trinajstić information content (AvgIpc) is 2.47. The Morgan fingerprint density at radius 2 is 1.80 bits per heavy atom. The molecule has 1 aromatic carbocycles. The Morgan fingerprint density at radius 3 is 2.32 bits per heavy atom. The van der Waals surface area contributed by atoms with E-state index < -0.39 is 5.97 Å². The van der Waals surface area contributed by atoms with Gasteiger partial charge in [0.1, 0.15) is 0 Å². The van der Waals surface area contributed by atoms with Crippen LogP contribution in [0.15, 0.2) is 12.1 Å². The SMILES string of the molecule is CCN(CC(=O)O)C1CC(NC(=O)NCc2c(C)cc(C)cc2C)C1. The number of hydrogen-bond donors (Lipinski definition) is 3. The fraction of sp³-hybridized carbons (Fsp3) is 0.579.